The maximum absolute atomic E-state index is 13.5. The second-order valence-electron chi connectivity index (χ2n) is 3.66. The molecule has 0 saturated carbocycles. The Morgan fingerprint density at radius 2 is 2.15 bits per heavy atom. The Labute approximate surface area is 80.6 Å². The van der Waals surface area contributed by atoms with Crippen LogP contribution in [0.4, 0.5) is 4.39 Å². The van der Waals surface area contributed by atoms with Gasteiger partial charge in [-0.25, -0.2) is 4.39 Å². The van der Waals surface area contributed by atoms with E-state index in [1.165, 1.54) is 0 Å². The van der Waals surface area contributed by atoms with Crippen LogP contribution in [0.25, 0.3) is 0 Å². The van der Waals surface area contributed by atoms with E-state index in [9.17, 15) is 9.18 Å². The fourth-order valence-electron chi connectivity index (χ4n) is 1.06. The molecule has 78 valence electrons. The van der Waals surface area contributed by atoms with Crippen molar-refractivity contribution in [1.29, 1.82) is 0 Å². The van der Waals surface area contributed by atoms with Gasteiger partial charge in [0.05, 0.1) is 0 Å². The minimum atomic E-state index is -2.19. The van der Waals surface area contributed by atoms with Gasteiger partial charge in [-0.1, -0.05) is 13.3 Å². The van der Waals surface area contributed by atoms with Crippen LogP contribution in [0.15, 0.2) is 0 Å². The zero-order valence-corrected chi connectivity index (χ0v) is 9.68. The molecule has 0 aliphatic heterocycles. The zero-order valence-electron chi connectivity index (χ0n) is 8.68. The van der Waals surface area contributed by atoms with Crippen molar-refractivity contribution in [3.05, 3.63) is 0 Å². The average molecular weight is 206 g/mol. The third kappa shape index (κ3) is 5.16. The molecule has 0 saturated heterocycles. The summed E-state index contributed by atoms with van der Waals surface area (Å²) in [7, 11) is -2.19. The highest BCUT2D eigenvalue weighted by molar-refractivity contribution is 6.72. The van der Waals surface area contributed by atoms with Crippen LogP contribution in [-0.2, 0) is 9.22 Å². The first kappa shape index (κ1) is 12.8. The number of carbonyl (C=O) groups is 1. The van der Waals surface area contributed by atoms with Crippen LogP contribution in [0.2, 0.25) is 13.1 Å². The van der Waals surface area contributed by atoms with Gasteiger partial charge < -0.3 is 9.22 Å². The maximum atomic E-state index is 13.5. The summed E-state index contributed by atoms with van der Waals surface area (Å²) in [5.41, 5.74) is 0. The highest BCUT2D eigenvalue weighted by atomic mass is 28.4. The Hall–Kier alpha value is -0.223. The number of halogens is 1. The van der Waals surface area contributed by atoms with E-state index < -0.39 is 14.1 Å². The van der Waals surface area contributed by atoms with Gasteiger partial charge in [-0.05, 0) is 19.5 Å². The standard InChI is InChI=1S/C9H19FO2Si/c1-4-6-9(10)13(2,3)12-8-5-7-11/h7,9H,4-6,8H2,1-3H3. The molecule has 0 aliphatic carbocycles. The summed E-state index contributed by atoms with van der Waals surface area (Å²) in [4.78, 5) is 10.0. The van der Waals surface area contributed by atoms with Crippen LogP contribution in [0.1, 0.15) is 26.2 Å². The fraction of sp³-hybridized carbons (Fsp3) is 0.889. The second-order valence-corrected chi connectivity index (χ2v) is 7.79. The number of carbonyl (C=O) groups excluding carboxylic acids is 1. The summed E-state index contributed by atoms with van der Waals surface area (Å²) in [6.45, 7) is 6.05. The van der Waals surface area contributed by atoms with Crippen molar-refractivity contribution >= 4 is 14.6 Å². The molecule has 0 spiro atoms. The highest BCUT2D eigenvalue weighted by Gasteiger charge is 2.33. The van der Waals surface area contributed by atoms with E-state index in [4.69, 9.17) is 4.43 Å². The molecular weight excluding hydrogens is 187 g/mol. The van der Waals surface area contributed by atoms with Crippen molar-refractivity contribution in [1.82, 2.24) is 0 Å². The van der Waals surface area contributed by atoms with Crippen molar-refractivity contribution in [2.45, 2.75) is 45.1 Å². The first-order valence-corrected chi connectivity index (χ1v) is 7.74. The molecule has 2 nitrogen and oxygen atoms in total. The van der Waals surface area contributed by atoms with Crippen LogP contribution in [-0.4, -0.2) is 27.0 Å². The van der Waals surface area contributed by atoms with E-state index in [1.54, 1.807) is 0 Å². The SMILES string of the molecule is CCCC(F)[Si](C)(C)OCCC=O. The molecule has 0 aliphatic rings. The molecule has 0 aromatic rings. The van der Waals surface area contributed by atoms with Gasteiger partial charge in [-0.15, -0.1) is 0 Å². The lowest BCUT2D eigenvalue weighted by Gasteiger charge is -2.25. The van der Waals surface area contributed by atoms with Gasteiger partial charge in [0.1, 0.15) is 12.1 Å². The van der Waals surface area contributed by atoms with Crippen LogP contribution in [0.5, 0.6) is 0 Å². The molecule has 0 fully saturated rings. The Bertz CT molecular complexity index is 151. The van der Waals surface area contributed by atoms with Crippen molar-refractivity contribution in [3.63, 3.8) is 0 Å². The van der Waals surface area contributed by atoms with Crippen molar-refractivity contribution < 1.29 is 13.6 Å². The molecular formula is C9H19FO2Si. The lowest BCUT2D eigenvalue weighted by Crippen LogP contribution is -2.42. The van der Waals surface area contributed by atoms with Gasteiger partial charge in [-0.2, -0.15) is 0 Å². The van der Waals surface area contributed by atoms with Crippen LogP contribution in [0, 0.1) is 0 Å². The summed E-state index contributed by atoms with van der Waals surface area (Å²) in [6, 6.07) is 0. The highest BCUT2D eigenvalue weighted by Crippen LogP contribution is 2.18. The predicted molar refractivity (Wildman–Crippen MR) is 53.9 cm³/mol. The molecule has 0 aromatic carbocycles. The Balaban J connectivity index is 3.82. The monoisotopic (exact) mass is 206 g/mol. The summed E-state index contributed by atoms with van der Waals surface area (Å²) in [5, 5.41) is 0. The molecule has 1 unspecified atom stereocenters. The van der Waals surface area contributed by atoms with E-state index in [1.807, 2.05) is 20.0 Å². The molecule has 13 heavy (non-hydrogen) atoms. The molecule has 0 aromatic heterocycles. The van der Waals surface area contributed by atoms with Gasteiger partial charge in [0.25, 0.3) is 0 Å². The smallest absolute Gasteiger partial charge is 0.221 e. The lowest BCUT2D eigenvalue weighted by molar-refractivity contribution is -0.108. The average Bonchev–Trinajstić information content (AvgIpc) is 2.05. The van der Waals surface area contributed by atoms with Crippen molar-refractivity contribution in [2.75, 3.05) is 6.61 Å². The van der Waals surface area contributed by atoms with Gasteiger partial charge in [0, 0.05) is 13.0 Å². The number of hydrogen-bond donors (Lipinski definition) is 0. The van der Waals surface area contributed by atoms with E-state index in [0.717, 1.165) is 12.7 Å². The van der Waals surface area contributed by atoms with E-state index >= 15 is 0 Å². The molecule has 0 heterocycles. The summed E-state index contributed by atoms with van der Waals surface area (Å²) >= 11 is 0. The van der Waals surface area contributed by atoms with Gasteiger partial charge >= 0.3 is 0 Å². The number of alkyl halides is 1. The van der Waals surface area contributed by atoms with Crippen molar-refractivity contribution in [2.24, 2.45) is 0 Å². The molecule has 0 bridgehead atoms. The molecule has 4 heteroatoms. The molecule has 0 amide bonds. The number of aldehydes is 1. The predicted octanol–water partition coefficient (Wildman–Crippen LogP) is 2.47. The summed E-state index contributed by atoms with van der Waals surface area (Å²) in [6.07, 6.45) is 2.59. The molecule has 0 N–H and O–H groups in total. The number of hydrogen-bond acceptors (Lipinski definition) is 2. The second kappa shape index (κ2) is 6.26. The molecule has 1 atom stereocenters. The topological polar surface area (TPSA) is 26.3 Å². The first-order chi connectivity index (χ1) is 6.04. The normalized spacial score (nSPS) is 14.2. The molecule has 0 radical (unpaired) electrons. The summed E-state index contributed by atoms with van der Waals surface area (Å²) in [5.74, 6) is -0.816. The quantitative estimate of drug-likeness (QED) is 0.363. The lowest BCUT2D eigenvalue weighted by atomic mass is 10.4. The van der Waals surface area contributed by atoms with Crippen molar-refractivity contribution in [3.8, 4) is 0 Å². The Morgan fingerprint density at radius 1 is 1.54 bits per heavy atom. The van der Waals surface area contributed by atoms with Gasteiger partial charge in [0.15, 0.2) is 0 Å². The molecule has 0 rings (SSSR count). The fourth-order valence-corrected chi connectivity index (χ4v) is 2.87. The van der Waals surface area contributed by atoms with E-state index in [-0.39, 0.29) is 0 Å². The minimum Gasteiger partial charge on any atom is -0.414 e. The van der Waals surface area contributed by atoms with E-state index in [2.05, 4.69) is 0 Å². The number of rotatable bonds is 7. The third-order valence-electron chi connectivity index (χ3n) is 2.01. The van der Waals surface area contributed by atoms with E-state index in [0.29, 0.717) is 19.4 Å². The van der Waals surface area contributed by atoms with Gasteiger partial charge in [-0.3, -0.25) is 0 Å². The van der Waals surface area contributed by atoms with Gasteiger partial charge in [0.2, 0.25) is 8.32 Å². The van der Waals surface area contributed by atoms with Crippen LogP contribution < -0.4 is 0 Å². The first-order valence-electron chi connectivity index (χ1n) is 4.76. The van der Waals surface area contributed by atoms with Crippen LogP contribution in [0.3, 0.4) is 0 Å². The zero-order chi connectivity index (χ0) is 10.3. The Kier molecular flexibility index (Phi) is 6.16. The summed E-state index contributed by atoms with van der Waals surface area (Å²) < 4.78 is 18.9. The van der Waals surface area contributed by atoms with Crippen LogP contribution >= 0.6 is 0 Å². The largest absolute Gasteiger partial charge is 0.414 e. The minimum absolute atomic E-state index is 0.368. The third-order valence-corrected chi connectivity index (χ3v) is 4.75. The maximum Gasteiger partial charge on any atom is 0.221 e. The Morgan fingerprint density at radius 3 is 2.62 bits per heavy atom.